The van der Waals surface area contributed by atoms with Crippen LogP contribution in [0.4, 0.5) is 5.69 Å². The zero-order valence-corrected chi connectivity index (χ0v) is 16.1. The van der Waals surface area contributed by atoms with E-state index >= 15 is 0 Å². The van der Waals surface area contributed by atoms with Crippen LogP contribution in [0, 0.1) is 13.8 Å². The molecule has 3 N–H and O–H groups in total. The minimum atomic E-state index is -0.472. The molecular weight excluding hydrogens is 350 g/mol. The van der Waals surface area contributed by atoms with E-state index in [1.165, 1.54) is 0 Å². The highest BCUT2D eigenvalue weighted by Gasteiger charge is 2.23. The normalized spacial score (nSPS) is 13.2. The Balaban J connectivity index is 1.79. The van der Waals surface area contributed by atoms with Crippen LogP contribution in [0.5, 0.6) is 0 Å². The average molecular weight is 373 g/mol. The lowest BCUT2D eigenvalue weighted by Gasteiger charge is -2.21. The molecule has 0 bridgehead atoms. The summed E-state index contributed by atoms with van der Waals surface area (Å²) < 4.78 is 0. The standard InChI is InChI=1S/C23H23N3O2/c1-13-7-10-20-18(11-13)21(17-5-3-4-6-19(17)26-20)23(28)25-15-8-9-16(22(24)27)14(2)12-15/h7-12H,3-6H2,1-2H3,(H2,24,27)(H,25,28). The molecule has 0 aliphatic heterocycles. The van der Waals surface area contributed by atoms with Crippen molar-refractivity contribution in [1.82, 2.24) is 4.98 Å². The van der Waals surface area contributed by atoms with E-state index in [9.17, 15) is 9.59 Å². The van der Waals surface area contributed by atoms with Gasteiger partial charge >= 0.3 is 0 Å². The number of carbonyl (C=O) groups is 2. The first-order chi connectivity index (χ1) is 13.4. The maximum absolute atomic E-state index is 13.3. The molecule has 2 amide bonds. The fourth-order valence-corrected chi connectivity index (χ4v) is 4.01. The minimum absolute atomic E-state index is 0.137. The molecule has 0 spiro atoms. The van der Waals surface area contributed by atoms with Crippen molar-refractivity contribution in [3.63, 3.8) is 0 Å². The van der Waals surface area contributed by atoms with Gasteiger partial charge in [-0.3, -0.25) is 14.6 Å². The van der Waals surface area contributed by atoms with Crippen molar-refractivity contribution in [2.75, 3.05) is 5.32 Å². The molecule has 1 heterocycles. The fourth-order valence-electron chi connectivity index (χ4n) is 4.01. The molecule has 5 heteroatoms. The van der Waals surface area contributed by atoms with Gasteiger partial charge in [0.1, 0.15) is 0 Å². The summed E-state index contributed by atoms with van der Waals surface area (Å²) in [5.74, 6) is -0.609. The zero-order chi connectivity index (χ0) is 19.8. The average Bonchev–Trinajstić information content (AvgIpc) is 2.65. The molecule has 0 radical (unpaired) electrons. The van der Waals surface area contributed by atoms with Crippen LogP contribution in [-0.4, -0.2) is 16.8 Å². The van der Waals surface area contributed by atoms with Crippen LogP contribution in [0.1, 0.15) is 55.9 Å². The smallest absolute Gasteiger partial charge is 0.256 e. The number of nitrogens with zero attached hydrogens (tertiary/aromatic N) is 1. The van der Waals surface area contributed by atoms with Crippen LogP contribution in [-0.2, 0) is 12.8 Å². The van der Waals surface area contributed by atoms with Crippen LogP contribution in [0.3, 0.4) is 0 Å². The molecule has 142 valence electrons. The third-order valence-electron chi connectivity index (χ3n) is 5.39. The number of nitrogens with one attached hydrogen (secondary N) is 1. The molecule has 4 rings (SSSR count). The Kier molecular flexibility index (Phi) is 4.59. The van der Waals surface area contributed by atoms with Gasteiger partial charge in [-0.2, -0.15) is 0 Å². The third kappa shape index (κ3) is 3.24. The Morgan fingerprint density at radius 2 is 1.82 bits per heavy atom. The topological polar surface area (TPSA) is 85.1 Å². The Morgan fingerprint density at radius 1 is 1.04 bits per heavy atom. The maximum atomic E-state index is 13.3. The summed E-state index contributed by atoms with van der Waals surface area (Å²) in [6.45, 7) is 3.83. The van der Waals surface area contributed by atoms with Crippen molar-refractivity contribution in [3.8, 4) is 0 Å². The number of nitrogens with two attached hydrogens (primary N) is 1. The van der Waals surface area contributed by atoms with Gasteiger partial charge in [0.2, 0.25) is 5.91 Å². The van der Waals surface area contributed by atoms with E-state index in [0.29, 0.717) is 11.3 Å². The summed E-state index contributed by atoms with van der Waals surface area (Å²) in [5, 5.41) is 3.90. The molecule has 1 aliphatic rings. The number of primary amides is 1. The number of fused-ring (bicyclic) bond motifs is 2. The second-order valence-electron chi connectivity index (χ2n) is 7.49. The monoisotopic (exact) mass is 373 g/mol. The molecule has 5 nitrogen and oxygen atoms in total. The molecule has 0 fully saturated rings. The van der Waals surface area contributed by atoms with Gasteiger partial charge in [-0.25, -0.2) is 0 Å². The molecule has 3 aromatic rings. The zero-order valence-electron chi connectivity index (χ0n) is 16.1. The van der Waals surface area contributed by atoms with E-state index in [1.807, 2.05) is 32.0 Å². The number of pyridine rings is 1. The largest absolute Gasteiger partial charge is 0.366 e. The van der Waals surface area contributed by atoms with Gasteiger partial charge in [-0.05, 0) is 81.0 Å². The van der Waals surface area contributed by atoms with Crippen LogP contribution >= 0.6 is 0 Å². The van der Waals surface area contributed by atoms with E-state index in [1.54, 1.807) is 18.2 Å². The van der Waals surface area contributed by atoms with Crippen molar-refractivity contribution >= 4 is 28.4 Å². The van der Waals surface area contributed by atoms with Crippen molar-refractivity contribution in [3.05, 3.63) is 69.9 Å². The number of carbonyl (C=O) groups excluding carboxylic acids is 2. The fraction of sp³-hybridized carbons (Fsp3) is 0.261. The molecule has 2 aromatic carbocycles. The van der Waals surface area contributed by atoms with E-state index < -0.39 is 5.91 Å². The molecular formula is C23H23N3O2. The SMILES string of the molecule is Cc1ccc2nc3c(c(C(=O)Nc4ccc(C(N)=O)c(C)c4)c2c1)CCCC3. The van der Waals surface area contributed by atoms with Crippen LogP contribution in [0.15, 0.2) is 36.4 Å². The summed E-state index contributed by atoms with van der Waals surface area (Å²) in [5.41, 5.74) is 12.0. The highest BCUT2D eigenvalue weighted by Crippen LogP contribution is 2.30. The van der Waals surface area contributed by atoms with Crippen LogP contribution in [0.2, 0.25) is 0 Å². The van der Waals surface area contributed by atoms with Gasteiger partial charge in [0.25, 0.3) is 5.91 Å². The molecule has 1 aromatic heterocycles. The van der Waals surface area contributed by atoms with E-state index in [0.717, 1.165) is 64.5 Å². The number of hydrogen-bond donors (Lipinski definition) is 2. The molecule has 0 saturated heterocycles. The lowest BCUT2D eigenvalue weighted by molar-refractivity contribution is 0.0997. The molecule has 1 aliphatic carbocycles. The number of aromatic nitrogens is 1. The van der Waals surface area contributed by atoms with Gasteiger partial charge in [0, 0.05) is 22.3 Å². The predicted molar refractivity (Wildman–Crippen MR) is 111 cm³/mol. The second-order valence-corrected chi connectivity index (χ2v) is 7.49. The molecule has 0 atom stereocenters. The van der Waals surface area contributed by atoms with Gasteiger partial charge in [-0.1, -0.05) is 11.6 Å². The summed E-state index contributed by atoms with van der Waals surface area (Å²) in [7, 11) is 0. The summed E-state index contributed by atoms with van der Waals surface area (Å²) in [4.78, 5) is 29.6. The molecule has 0 saturated carbocycles. The lowest BCUT2D eigenvalue weighted by atomic mass is 9.89. The van der Waals surface area contributed by atoms with Crippen molar-refractivity contribution in [1.29, 1.82) is 0 Å². The molecule has 0 unspecified atom stereocenters. The van der Waals surface area contributed by atoms with Crippen molar-refractivity contribution in [2.45, 2.75) is 39.5 Å². The van der Waals surface area contributed by atoms with E-state index in [4.69, 9.17) is 10.7 Å². The first-order valence-corrected chi connectivity index (χ1v) is 9.58. The number of amides is 2. The lowest BCUT2D eigenvalue weighted by Crippen LogP contribution is -2.19. The Labute approximate surface area is 164 Å². The van der Waals surface area contributed by atoms with Crippen molar-refractivity contribution < 1.29 is 9.59 Å². The predicted octanol–water partition coefficient (Wildman–Crippen LogP) is 4.08. The van der Waals surface area contributed by atoms with E-state index in [-0.39, 0.29) is 5.91 Å². The first kappa shape index (κ1) is 18.2. The molecule has 28 heavy (non-hydrogen) atoms. The van der Waals surface area contributed by atoms with Crippen LogP contribution in [0.25, 0.3) is 10.9 Å². The number of benzene rings is 2. The number of aryl methyl sites for hydroxylation is 3. The van der Waals surface area contributed by atoms with Gasteiger partial charge in [0.05, 0.1) is 11.1 Å². The Hall–Kier alpha value is -3.21. The number of rotatable bonds is 3. The highest BCUT2D eigenvalue weighted by molar-refractivity contribution is 6.14. The number of anilines is 1. The summed E-state index contributed by atoms with van der Waals surface area (Å²) >= 11 is 0. The summed E-state index contributed by atoms with van der Waals surface area (Å²) in [6.07, 6.45) is 3.95. The first-order valence-electron chi connectivity index (χ1n) is 9.58. The van der Waals surface area contributed by atoms with Gasteiger partial charge in [0.15, 0.2) is 0 Å². The van der Waals surface area contributed by atoms with Gasteiger partial charge in [-0.15, -0.1) is 0 Å². The Morgan fingerprint density at radius 3 is 2.57 bits per heavy atom. The highest BCUT2D eigenvalue weighted by atomic mass is 16.2. The maximum Gasteiger partial charge on any atom is 0.256 e. The third-order valence-corrected chi connectivity index (χ3v) is 5.39. The Bertz CT molecular complexity index is 1120. The minimum Gasteiger partial charge on any atom is -0.366 e. The number of hydrogen-bond acceptors (Lipinski definition) is 3. The summed E-state index contributed by atoms with van der Waals surface area (Å²) in [6, 6.07) is 11.2. The quantitative estimate of drug-likeness (QED) is 0.725. The van der Waals surface area contributed by atoms with Crippen LogP contribution < -0.4 is 11.1 Å². The van der Waals surface area contributed by atoms with E-state index in [2.05, 4.69) is 5.32 Å². The van der Waals surface area contributed by atoms with Crippen molar-refractivity contribution in [2.24, 2.45) is 5.73 Å². The second kappa shape index (κ2) is 7.08. The van der Waals surface area contributed by atoms with Gasteiger partial charge < -0.3 is 11.1 Å².